The SMILES string of the molecule is CCCCCCCCCCCCC(O)CCC.Cc1ccc(S(=O)(=O)O)cc1. The minimum atomic E-state index is -4.02. The summed E-state index contributed by atoms with van der Waals surface area (Å²) in [4.78, 5) is -0.0666. The third kappa shape index (κ3) is 16.1. The van der Waals surface area contributed by atoms with E-state index < -0.39 is 10.1 Å². The summed E-state index contributed by atoms with van der Waals surface area (Å²) >= 11 is 0. The molecule has 0 aromatic heterocycles. The number of aryl methyl sites for hydroxylation is 1. The van der Waals surface area contributed by atoms with Crippen LogP contribution in [0.1, 0.15) is 103 Å². The number of aliphatic hydroxyl groups excluding tert-OH is 1. The number of hydrogen-bond donors (Lipinski definition) is 2. The molecule has 4 nitrogen and oxygen atoms in total. The molecule has 0 aliphatic heterocycles. The molecule has 1 unspecified atom stereocenters. The van der Waals surface area contributed by atoms with Gasteiger partial charge in [0.25, 0.3) is 10.1 Å². The Balaban J connectivity index is 0.000000567. The molecule has 0 heterocycles. The van der Waals surface area contributed by atoms with E-state index in [-0.39, 0.29) is 11.0 Å². The minimum Gasteiger partial charge on any atom is -0.393 e. The van der Waals surface area contributed by atoms with Crippen LogP contribution in [0.3, 0.4) is 0 Å². The van der Waals surface area contributed by atoms with E-state index in [4.69, 9.17) is 4.55 Å². The summed E-state index contributed by atoms with van der Waals surface area (Å²) in [6.07, 6.45) is 16.8. The molecule has 0 aliphatic rings. The van der Waals surface area contributed by atoms with Gasteiger partial charge in [-0.2, -0.15) is 8.42 Å². The molecule has 1 rings (SSSR count). The highest BCUT2D eigenvalue weighted by Gasteiger charge is 2.06. The second-order valence-electron chi connectivity index (χ2n) is 7.70. The Hall–Kier alpha value is -0.910. The first-order chi connectivity index (χ1) is 13.3. The standard InChI is InChI=1S/C16H34O.C7H8O3S/c1-3-5-6-7-8-9-10-11-12-13-15-16(17)14-4-2;1-6-2-4-7(5-3-6)11(8,9)10/h16-17H,3-15H2,1-2H3;2-5H,1H3,(H,8,9,10). The third-order valence-electron chi connectivity index (χ3n) is 4.83. The van der Waals surface area contributed by atoms with E-state index in [1.165, 1.54) is 76.3 Å². The molecule has 0 saturated heterocycles. The zero-order valence-electron chi connectivity index (χ0n) is 18.2. The van der Waals surface area contributed by atoms with Crippen LogP contribution in [0.5, 0.6) is 0 Å². The van der Waals surface area contributed by atoms with Gasteiger partial charge in [0, 0.05) is 0 Å². The van der Waals surface area contributed by atoms with Gasteiger partial charge in [0.1, 0.15) is 0 Å². The average molecular weight is 415 g/mol. The van der Waals surface area contributed by atoms with Crippen LogP contribution >= 0.6 is 0 Å². The number of benzene rings is 1. The smallest absolute Gasteiger partial charge is 0.294 e. The fourth-order valence-electron chi connectivity index (χ4n) is 3.06. The Morgan fingerprint density at radius 2 is 1.21 bits per heavy atom. The zero-order chi connectivity index (χ0) is 21.3. The van der Waals surface area contributed by atoms with Gasteiger partial charge in [-0.25, -0.2) is 0 Å². The lowest BCUT2D eigenvalue weighted by Crippen LogP contribution is -2.04. The van der Waals surface area contributed by atoms with Crippen LogP contribution in [-0.2, 0) is 10.1 Å². The molecule has 164 valence electrons. The average Bonchev–Trinajstić information content (AvgIpc) is 2.64. The predicted octanol–water partition coefficient (Wildman–Crippen LogP) is 6.70. The first-order valence-corrected chi connectivity index (χ1v) is 12.5. The van der Waals surface area contributed by atoms with Gasteiger partial charge in [0.05, 0.1) is 11.0 Å². The first kappa shape index (κ1) is 27.1. The number of unbranched alkanes of at least 4 members (excludes halogenated alkanes) is 9. The lowest BCUT2D eigenvalue weighted by Gasteiger charge is -2.08. The van der Waals surface area contributed by atoms with Crippen LogP contribution in [0.4, 0.5) is 0 Å². The molecule has 1 atom stereocenters. The number of rotatable bonds is 14. The lowest BCUT2D eigenvalue weighted by atomic mass is 10.0. The molecule has 0 bridgehead atoms. The van der Waals surface area contributed by atoms with E-state index in [0.29, 0.717) is 0 Å². The van der Waals surface area contributed by atoms with Gasteiger partial charge < -0.3 is 5.11 Å². The van der Waals surface area contributed by atoms with Crippen molar-refractivity contribution in [2.45, 2.75) is 115 Å². The van der Waals surface area contributed by atoms with Crippen LogP contribution in [-0.4, -0.2) is 24.2 Å². The maximum atomic E-state index is 10.5. The lowest BCUT2D eigenvalue weighted by molar-refractivity contribution is 0.150. The molecule has 0 saturated carbocycles. The summed E-state index contributed by atoms with van der Waals surface area (Å²) in [6.45, 7) is 6.25. The van der Waals surface area contributed by atoms with Gasteiger partial charge in [-0.3, -0.25) is 4.55 Å². The maximum Gasteiger partial charge on any atom is 0.294 e. The molecule has 28 heavy (non-hydrogen) atoms. The number of hydrogen-bond acceptors (Lipinski definition) is 3. The fourth-order valence-corrected chi connectivity index (χ4v) is 3.54. The fraction of sp³-hybridized carbons (Fsp3) is 0.739. The first-order valence-electron chi connectivity index (χ1n) is 11.0. The molecule has 0 aliphatic carbocycles. The Morgan fingerprint density at radius 3 is 1.64 bits per heavy atom. The van der Waals surface area contributed by atoms with Crippen molar-refractivity contribution >= 4 is 10.1 Å². The Labute approximate surface area is 173 Å². The summed E-state index contributed by atoms with van der Waals surface area (Å²) in [7, 11) is -4.02. The molecule has 5 heteroatoms. The number of aliphatic hydroxyl groups is 1. The topological polar surface area (TPSA) is 74.6 Å². The van der Waals surface area contributed by atoms with E-state index in [1.807, 2.05) is 6.92 Å². The highest BCUT2D eigenvalue weighted by Crippen LogP contribution is 2.13. The van der Waals surface area contributed by atoms with Crippen molar-refractivity contribution in [2.75, 3.05) is 0 Å². The van der Waals surface area contributed by atoms with Crippen molar-refractivity contribution in [1.82, 2.24) is 0 Å². The summed E-state index contributed by atoms with van der Waals surface area (Å²) in [5, 5.41) is 9.57. The maximum absolute atomic E-state index is 10.5. The van der Waals surface area contributed by atoms with E-state index in [0.717, 1.165) is 24.8 Å². The van der Waals surface area contributed by atoms with E-state index in [2.05, 4.69) is 13.8 Å². The van der Waals surface area contributed by atoms with Crippen molar-refractivity contribution in [3.63, 3.8) is 0 Å². The summed E-state index contributed by atoms with van der Waals surface area (Å²) < 4.78 is 29.6. The summed E-state index contributed by atoms with van der Waals surface area (Å²) in [5.41, 5.74) is 0.956. The Kier molecular flexibility index (Phi) is 16.4. The molecule has 1 aromatic carbocycles. The predicted molar refractivity (Wildman–Crippen MR) is 118 cm³/mol. The van der Waals surface area contributed by atoms with Crippen molar-refractivity contribution in [2.24, 2.45) is 0 Å². The van der Waals surface area contributed by atoms with E-state index in [1.54, 1.807) is 12.1 Å². The monoisotopic (exact) mass is 414 g/mol. The molecule has 0 radical (unpaired) electrons. The second-order valence-corrected chi connectivity index (χ2v) is 9.12. The van der Waals surface area contributed by atoms with Crippen molar-refractivity contribution in [1.29, 1.82) is 0 Å². The van der Waals surface area contributed by atoms with Crippen LogP contribution in [0, 0.1) is 6.92 Å². The van der Waals surface area contributed by atoms with Gasteiger partial charge >= 0.3 is 0 Å². The second kappa shape index (κ2) is 17.0. The molecular formula is C23H42O4S. The molecule has 0 spiro atoms. The molecule has 0 amide bonds. The van der Waals surface area contributed by atoms with Gasteiger partial charge in [0.15, 0.2) is 0 Å². The summed E-state index contributed by atoms with van der Waals surface area (Å²) in [6, 6.07) is 5.99. The Bertz CT molecular complexity index is 567. The molecule has 1 aromatic rings. The summed E-state index contributed by atoms with van der Waals surface area (Å²) in [5.74, 6) is 0. The third-order valence-corrected chi connectivity index (χ3v) is 5.70. The van der Waals surface area contributed by atoms with Crippen LogP contribution in [0.2, 0.25) is 0 Å². The highest BCUT2D eigenvalue weighted by molar-refractivity contribution is 7.85. The molecule has 2 N–H and O–H groups in total. The van der Waals surface area contributed by atoms with Crippen LogP contribution < -0.4 is 0 Å². The van der Waals surface area contributed by atoms with Crippen molar-refractivity contribution in [3.05, 3.63) is 29.8 Å². The van der Waals surface area contributed by atoms with Gasteiger partial charge in [-0.05, 0) is 31.9 Å². The van der Waals surface area contributed by atoms with Crippen LogP contribution in [0.15, 0.2) is 29.2 Å². The van der Waals surface area contributed by atoms with Crippen LogP contribution in [0.25, 0.3) is 0 Å². The minimum absolute atomic E-state index is 0.0333. The normalized spacial score (nSPS) is 12.3. The molecular weight excluding hydrogens is 372 g/mol. The Morgan fingerprint density at radius 1 is 0.750 bits per heavy atom. The largest absolute Gasteiger partial charge is 0.393 e. The van der Waals surface area contributed by atoms with Gasteiger partial charge in [-0.15, -0.1) is 0 Å². The van der Waals surface area contributed by atoms with Crippen molar-refractivity contribution < 1.29 is 18.1 Å². The molecule has 0 fully saturated rings. The highest BCUT2D eigenvalue weighted by atomic mass is 32.2. The quantitative estimate of drug-likeness (QED) is 0.262. The zero-order valence-corrected chi connectivity index (χ0v) is 19.0. The van der Waals surface area contributed by atoms with Crippen molar-refractivity contribution in [3.8, 4) is 0 Å². The van der Waals surface area contributed by atoms with E-state index in [9.17, 15) is 13.5 Å². The van der Waals surface area contributed by atoms with E-state index >= 15 is 0 Å². The van der Waals surface area contributed by atoms with Gasteiger partial charge in [0.2, 0.25) is 0 Å². The van der Waals surface area contributed by atoms with Gasteiger partial charge in [-0.1, -0.05) is 102 Å².